The number of benzene rings is 2. The van der Waals surface area contributed by atoms with Gasteiger partial charge in [-0.25, -0.2) is 0 Å². The van der Waals surface area contributed by atoms with Crippen LogP contribution in [0.4, 0.5) is 17.1 Å². The van der Waals surface area contributed by atoms with E-state index in [0.29, 0.717) is 28.6 Å². The Hall–Kier alpha value is -3.22. The standard InChI is InChI=1S/C19H21N3O4/c1-25-13-7-8-14(20)15(10-13)21-19(24)12-9-18(23)22(11-12)16-5-3-4-6-17(16)26-2/h3-8,10,12H,9,11,20H2,1-2H3,(H,21,24). The molecule has 2 amide bonds. The highest BCUT2D eigenvalue weighted by Gasteiger charge is 2.36. The second-order valence-corrected chi connectivity index (χ2v) is 6.02. The molecule has 1 aliphatic rings. The number of nitrogens with two attached hydrogens (primary N) is 1. The number of carbonyl (C=O) groups excluding carboxylic acids is 2. The van der Waals surface area contributed by atoms with Crippen molar-refractivity contribution in [2.45, 2.75) is 6.42 Å². The Bertz CT molecular complexity index is 837. The number of nitrogens with zero attached hydrogens (tertiary/aromatic N) is 1. The maximum absolute atomic E-state index is 12.6. The zero-order chi connectivity index (χ0) is 18.7. The number of methoxy groups -OCH3 is 2. The van der Waals surface area contributed by atoms with Crippen molar-refractivity contribution < 1.29 is 19.1 Å². The first-order valence-corrected chi connectivity index (χ1v) is 8.21. The first-order chi connectivity index (χ1) is 12.5. The summed E-state index contributed by atoms with van der Waals surface area (Å²) >= 11 is 0. The summed E-state index contributed by atoms with van der Waals surface area (Å²) in [6, 6.07) is 12.3. The van der Waals surface area contributed by atoms with E-state index < -0.39 is 5.92 Å². The van der Waals surface area contributed by atoms with Crippen LogP contribution in [-0.4, -0.2) is 32.6 Å². The minimum Gasteiger partial charge on any atom is -0.497 e. The van der Waals surface area contributed by atoms with Gasteiger partial charge in [0.2, 0.25) is 11.8 Å². The SMILES string of the molecule is COc1ccc(N)c(NC(=O)C2CC(=O)N(c3ccccc3OC)C2)c1. The molecule has 3 rings (SSSR count). The summed E-state index contributed by atoms with van der Waals surface area (Å²) in [5.41, 5.74) is 7.48. The molecule has 1 atom stereocenters. The number of amides is 2. The molecule has 1 unspecified atom stereocenters. The van der Waals surface area contributed by atoms with E-state index in [9.17, 15) is 9.59 Å². The van der Waals surface area contributed by atoms with E-state index in [2.05, 4.69) is 5.32 Å². The monoisotopic (exact) mass is 355 g/mol. The Balaban J connectivity index is 1.75. The summed E-state index contributed by atoms with van der Waals surface area (Å²) in [7, 11) is 3.09. The Labute approximate surface area is 151 Å². The lowest BCUT2D eigenvalue weighted by Gasteiger charge is -2.19. The summed E-state index contributed by atoms with van der Waals surface area (Å²) in [4.78, 5) is 26.6. The van der Waals surface area contributed by atoms with Crippen molar-refractivity contribution in [2.75, 3.05) is 36.7 Å². The number of hydrogen-bond donors (Lipinski definition) is 2. The van der Waals surface area contributed by atoms with Gasteiger partial charge < -0.3 is 25.4 Å². The molecule has 1 fully saturated rings. The van der Waals surface area contributed by atoms with Crippen molar-refractivity contribution in [3.8, 4) is 11.5 Å². The third-order valence-electron chi connectivity index (χ3n) is 4.39. The fraction of sp³-hybridized carbons (Fsp3) is 0.263. The second-order valence-electron chi connectivity index (χ2n) is 6.02. The van der Waals surface area contributed by atoms with Crippen molar-refractivity contribution >= 4 is 28.9 Å². The molecule has 2 aromatic rings. The lowest BCUT2D eigenvalue weighted by Crippen LogP contribution is -2.28. The molecule has 7 heteroatoms. The molecule has 0 radical (unpaired) electrons. The normalized spacial score (nSPS) is 16.5. The van der Waals surface area contributed by atoms with Crippen molar-refractivity contribution in [1.82, 2.24) is 0 Å². The fourth-order valence-corrected chi connectivity index (χ4v) is 2.97. The Morgan fingerprint density at radius 3 is 2.69 bits per heavy atom. The Kier molecular flexibility index (Phi) is 4.97. The minimum absolute atomic E-state index is 0.117. The topological polar surface area (TPSA) is 93.9 Å². The number of carbonyl (C=O) groups is 2. The van der Waals surface area contributed by atoms with E-state index in [1.807, 2.05) is 12.1 Å². The number of nitrogens with one attached hydrogen (secondary N) is 1. The van der Waals surface area contributed by atoms with Gasteiger partial charge in [-0.1, -0.05) is 12.1 Å². The number of ether oxygens (including phenoxy) is 2. The predicted molar refractivity (Wildman–Crippen MR) is 99.5 cm³/mol. The van der Waals surface area contributed by atoms with Crippen molar-refractivity contribution in [3.05, 3.63) is 42.5 Å². The quantitative estimate of drug-likeness (QED) is 0.803. The average Bonchev–Trinajstić information content (AvgIpc) is 3.05. The van der Waals surface area contributed by atoms with Crippen LogP contribution in [0.1, 0.15) is 6.42 Å². The lowest BCUT2D eigenvalue weighted by atomic mass is 10.1. The highest BCUT2D eigenvalue weighted by Crippen LogP contribution is 2.33. The van der Waals surface area contributed by atoms with E-state index in [1.54, 1.807) is 42.3 Å². The van der Waals surface area contributed by atoms with Crippen LogP contribution in [0, 0.1) is 5.92 Å². The molecule has 1 heterocycles. The van der Waals surface area contributed by atoms with E-state index in [0.717, 1.165) is 0 Å². The number of rotatable bonds is 5. The molecule has 0 saturated carbocycles. The van der Waals surface area contributed by atoms with Gasteiger partial charge in [-0.05, 0) is 24.3 Å². The molecule has 26 heavy (non-hydrogen) atoms. The Morgan fingerprint density at radius 2 is 1.96 bits per heavy atom. The van der Waals surface area contributed by atoms with Crippen LogP contribution < -0.4 is 25.4 Å². The summed E-state index contributed by atoms with van der Waals surface area (Å²) < 4.78 is 10.5. The lowest BCUT2D eigenvalue weighted by molar-refractivity contribution is -0.122. The van der Waals surface area contributed by atoms with Crippen molar-refractivity contribution in [1.29, 1.82) is 0 Å². The molecular weight excluding hydrogens is 334 g/mol. The summed E-state index contributed by atoms with van der Waals surface area (Å²) in [5, 5.41) is 2.79. The van der Waals surface area contributed by atoms with Gasteiger partial charge >= 0.3 is 0 Å². The second kappa shape index (κ2) is 7.35. The van der Waals surface area contributed by atoms with Crippen LogP contribution in [0.5, 0.6) is 11.5 Å². The summed E-state index contributed by atoms with van der Waals surface area (Å²) in [6.07, 6.45) is 0.133. The number of anilines is 3. The molecule has 1 saturated heterocycles. The third kappa shape index (κ3) is 3.42. The minimum atomic E-state index is -0.474. The molecule has 1 aliphatic heterocycles. The van der Waals surface area contributed by atoms with Gasteiger partial charge in [0.25, 0.3) is 0 Å². The molecule has 136 valence electrons. The molecule has 0 spiro atoms. The number of hydrogen-bond acceptors (Lipinski definition) is 5. The van der Waals surface area contributed by atoms with Gasteiger partial charge in [-0.3, -0.25) is 9.59 Å². The number of nitrogen functional groups attached to an aromatic ring is 1. The molecule has 0 aromatic heterocycles. The van der Waals surface area contributed by atoms with E-state index in [-0.39, 0.29) is 24.8 Å². The number of para-hydroxylation sites is 2. The van der Waals surface area contributed by atoms with Crippen LogP contribution >= 0.6 is 0 Å². The zero-order valence-electron chi connectivity index (χ0n) is 14.7. The highest BCUT2D eigenvalue weighted by atomic mass is 16.5. The summed E-state index contributed by atoms with van der Waals surface area (Å²) in [6.45, 7) is 0.287. The fourth-order valence-electron chi connectivity index (χ4n) is 2.97. The van der Waals surface area contributed by atoms with Gasteiger partial charge in [0.05, 0.1) is 37.2 Å². The van der Waals surface area contributed by atoms with E-state index in [4.69, 9.17) is 15.2 Å². The average molecular weight is 355 g/mol. The van der Waals surface area contributed by atoms with Gasteiger partial charge in [0.1, 0.15) is 11.5 Å². The molecule has 7 nitrogen and oxygen atoms in total. The largest absolute Gasteiger partial charge is 0.497 e. The smallest absolute Gasteiger partial charge is 0.229 e. The third-order valence-corrected chi connectivity index (χ3v) is 4.39. The summed E-state index contributed by atoms with van der Waals surface area (Å²) in [5.74, 6) is 0.341. The van der Waals surface area contributed by atoms with Gasteiger partial charge in [-0.15, -0.1) is 0 Å². The Morgan fingerprint density at radius 1 is 1.19 bits per heavy atom. The maximum Gasteiger partial charge on any atom is 0.229 e. The molecular formula is C19H21N3O4. The van der Waals surface area contributed by atoms with E-state index >= 15 is 0 Å². The maximum atomic E-state index is 12.6. The first kappa shape index (κ1) is 17.6. The van der Waals surface area contributed by atoms with Crippen LogP contribution in [-0.2, 0) is 9.59 Å². The highest BCUT2D eigenvalue weighted by molar-refractivity contribution is 6.05. The van der Waals surface area contributed by atoms with Crippen molar-refractivity contribution in [2.24, 2.45) is 5.92 Å². The first-order valence-electron chi connectivity index (χ1n) is 8.21. The molecule has 2 aromatic carbocycles. The van der Waals surface area contributed by atoms with Gasteiger partial charge in [-0.2, -0.15) is 0 Å². The van der Waals surface area contributed by atoms with Gasteiger partial charge in [0.15, 0.2) is 0 Å². The molecule has 0 bridgehead atoms. The molecule has 0 aliphatic carbocycles. The zero-order valence-corrected chi connectivity index (χ0v) is 14.7. The van der Waals surface area contributed by atoms with Crippen LogP contribution in [0.25, 0.3) is 0 Å². The van der Waals surface area contributed by atoms with Gasteiger partial charge in [0, 0.05) is 19.0 Å². The van der Waals surface area contributed by atoms with Crippen LogP contribution in [0.3, 0.4) is 0 Å². The van der Waals surface area contributed by atoms with E-state index in [1.165, 1.54) is 7.11 Å². The van der Waals surface area contributed by atoms with Crippen LogP contribution in [0.15, 0.2) is 42.5 Å². The van der Waals surface area contributed by atoms with Crippen molar-refractivity contribution in [3.63, 3.8) is 0 Å². The molecule has 3 N–H and O–H groups in total. The predicted octanol–water partition coefficient (Wildman–Crippen LogP) is 2.28. The van der Waals surface area contributed by atoms with Crippen LogP contribution in [0.2, 0.25) is 0 Å².